The Bertz CT molecular complexity index is 669. The Morgan fingerprint density at radius 3 is 2.41 bits per heavy atom. The first-order valence-corrected chi connectivity index (χ1v) is 6.83. The minimum atomic E-state index is -0.907. The summed E-state index contributed by atoms with van der Waals surface area (Å²) in [4.78, 5) is 22.6. The molecule has 0 aliphatic heterocycles. The molecule has 0 aliphatic rings. The maximum atomic E-state index is 12.2. The van der Waals surface area contributed by atoms with E-state index in [0.717, 1.165) is 0 Å². The standard InChI is InChI=1S/C16H13ClO5/c17-16(20)22-9-8-21-12-6-7-13(14(18)10-12)15(19)11-4-2-1-3-5-11/h1-7,10,18H,8-9H2. The monoisotopic (exact) mass is 320 g/mol. The van der Waals surface area contributed by atoms with E-state index in [1.165, 1.54) is 12.1 Å². The molecule has 0 saturated heterocycles. The number of carbonyl (C=O) groups is 2. The molecule has 2 rings (SSSR count). The van der Waals surface area contributed by atoms with E-state index in [4.69, 9.17) is 16.3 Å². The third-order valence-corrected chi connectivity index (χ3v) is 2.93. The lowest BCUT2D eigenvalue weighted by Gasteiger charge is -2.09. The van der Waals surface area contributed by atoms with Crippen LogP contribution in [0.1, 0.15) is 15.9 Å². The fourth-order valence-corrected chi connectivity index (χ4v) is 1.90. The SMILES string of the molecule is O=C(Cl)OCCOc1ccc(C(=O)c2ccccc2)c(O)c1. The van der Waals surface area contributed by atoms with Gasteiger partial charge < -0.3 is 14.6 Å². The Kier molecular flexibility index (Phi) is 5.38. The molecule has 0 amide bonds. The van der Waals surface area contributed by atoms with Crippen LogP contribution in [0.2, 0.25) is 0 Å². The molecule has 2 aromatic carbocycles. The Morgan fingerprint density at radius 2 is 1.77 bits per heavy atom. The zero-order valence-electron chi connectivity index (χ0n) is 11.5. The van der Waals surface area contributed by atoms with E-state index in [1.807, 2.05) is 0 Å². The largest absolute Gasteiger partial charge is 0.507 e. The van der Waals surface area contributed by atoms with Crippen molar-refractivity contribution in [1.29, 1.82) is 0 Å². The summed E-state index contributed by atoms with van der Waals surface area (Å²) in [6, 6.07) is 13.0. The van der Waals surface area contributed by atoms with Crippen molar-refractivity contribution >= 4 is 22.8 Å². The molecule has 0 heterocycles. The van der Waals surface area contributed by atoms with Gasteiger partial charge in [-0.05, 0) is 12.1 Å². The predicted molar refractivity (Wildman–Crippen MR) is 80.7 cm³/mol. The fourth-order valence-electron chi connectivity index (χ4n) is 1.82. The Hall–Kier alpha value is -2.53. The van der Waals surface area contributed by atoms with Crippen molar-refractivity contribution in [2.45, 2.75) is 0 Å². The van der Waals surface area contributed by atoms with Gasteiger partial charge in [0.05, 0.1) is 5.56 Å². The van der Waals surface area contributed by atoms with E-state index >= 15 is 0 Å². The van der Waals surface area contributed by atoms with Gasteiger partial charge in [0.25, 0.3) is 0 Å². The second kappa shape index (κ2) is 7.47. The first-order chi connectivity index (χ1) is 10.6. The van der Waals surface area contributed by atoms with Gasteiger partial charge in [-0.25, -0.2) is 4.79 Å². The number of ketones is 1. The molecule has 114 valence electrons. The van der Waals surface area contributed by atoms with Crippen molar-refractivity contribution in [2.24, 2.45) is 0 Å². The fraction of sp³-hybridized carbons (Fsp3) is 0.125. The number of ether oxygens (including phenoxy) is 2. The number of carbonyl (C=O) groups excluding carboxylic acids is 2. The Morgan fingerprint density at radius 1 is 1.05 bits per heavy atom. The molecular weight excluding hydrogens is 308 g/mol. The molecule has 1 N–H and O–H groups in total. The zero-order valence-corrected chi connectivity index (χ0v) is 12.2. The van der Waals surface area contributed by atoms with Crippen molar-refractivity contribution in [3.05, 3.63) is 59.7 Å². The van der Waals surface area contributed by atoms with Crippen LogP contribution in [0.3, 0.4) is 0 Å². The molecule has 0 unspecified atom stereocenters. The van der Waals surface area contributed by atoms with Crippen LogP contribution in [0.4, 0.5) is 4.79 Å². The summed E-state index contributed by atoms with van der Waals surface area (Å²) in [5.41, 5.74) is -0.235. The molecule has 0 bridgehead atoms. The molecule has 5 nitrogen and oxygen atoms in total. The Labute approximate surface area is 132 Å². The second-order valence-electron chi connectivity index (χ2n) is 4.31. The van der Waals surface area contributed by atoms with Gasteiger partial charge in [0.1, 0.15) is 24.7 Å². The van der Waals surface area contributed by atoms with Gasteiger partial charge in [0.15, 0.2) is 5.78 Å². The smallest absolute Gasteiger partial charge is 0.403 e. The number of phenolic OH excluding ortho intramolecular Hbond substituents is 1. The van der Waals surface area contributed by atoms with Gasteiger partial charge in [0.2, 0.25) is 0 Å². The molecule has 2 aromatic rings. The molecule has 22 heavy (non-hydrogen) atoms. The first kappa shape index (κ1) is 15.9. The van der Waals surface area contributed by atoms with Crippen molar-refractivity contribution in [1.82, 2.24) is 0 Å². The lowest BCUT2D eigenvalue weighted by atomic mass is 10.0. The number of rotatable bonds is 6. The molecule has 6 heteroatoms. The highest BCUT2D eigenvalue weighted by atomic mass is 35.5. The highest BCUT2D eigenvalue weighted by Gasteiger charge is 2.14. The van der Waals surface area contributed by atoms with Crippen molar-refractivity contribution < 1.29 is 24.2 Å². The van der Waals surface area contributed by atoms with Crippen LogP contribution in [0.15, 0.2) is 48.5 Å². The predicted octanol–water partition coefficient (Wildman–Crippen LogP) is 3.38. The average molecular weight is 321 g/mol. The summed E-state index contributed by atoms with van der Waals surface area (Å²) >= 11 is 5.00. The summed E-state index contributed by atoms with van der Waals surface area (Å²) in [5.74, 6) is -0.103. The summed E-state index contributed by atoms with van der Waals surface area (Å²) in [6.07, 6.45) is 0. The molecule has 0 radical (unpaired) electrons. The third kappa shape index (κ3) is 4.23. The minimum Gasteiger partial charge on any atom is -0.507 e. The number of benzene rings is 2. The van der Waals surface area contributed by atoms with Crippen molar-refractivity contribution in [2.75, 3.05) is 13.2 Å². The van der Waals surface area contributed by atoms with E-state index < -0.39 is 5.43 Å². The van der Waals surface area contributed by atoms with Gasteiger partial charge in [-0.3, -0.25) is 4.79 Å². The normalized spacial score (nSPS) is 10.0. The number of hydrogen-bond acceptors (Lipinski definition) is 5. The molecule has 0 atom stereocenters. The highest BCUT2D eigenvalue weighted by Crippen LogP contribution is 2.25. The molecule has 0 saturated carbocycles. The maximum Gasteiger partial charge on any atom is 0.403 e. The topological polar surface area (TPSA) is 72.8 Å². The van der Waals surface area contributed by atoms with E-state index in [0.29, 0.717) is 11.3 Å². The van der Waals surface area contributed by atoms with Crippen LogP contribution in [0, 0.1) is 0 Å². The molecule has 0 fully saturated rings. The first-order valence-electron chi connectivity index (χ1n) is 6.46. The lowest BCUT2D eigenvalue weighted by molar-refractivity contribution is 0.103. The van der Waals surface area contributed by atoms with Gasteiger partial charge >= 0.3 is 5.43 Å². The summed E-state index contributed by atoms with van der Waals surface area (Å²) in [7, 11) is 0. The number of hydrogen-bond donors (Lipinski definition) is 1. The average Bonchev–Trinajstić information content (AvgIpc) is 2.52. The van der Waals surface area contributed by atoms with Crippen LogP contribution in [0.5, 0.6) is 11.5 Å². The van der Waals surface area contributed by atoms with E-state index in [2.05, 4.69) is 4.74 Å². The van der Waals surface area contributed by atoms with E-state index in [-0.39, 0.29) is 30.3 Å². The maximum absolute atomic E-state index is 12.2. The van der Waals surface area contributed by atoms with Crippen molar-refractivity contribution in [3.63, 3.8) is 0 Å². The van der Waals surface area contributed by atoms with Crippen LogP contribution < -0.4 is 4.74 Å². The Balaban J connectivity index is 2.03. The van der Waals surface area contributed by atoms with E-state index in [9.17, 15) is 14.7 Å². The molecule has 0 spiro atoms. The summed E-state index contributed by atoms with van der Waals surface area (Å²) < 4.78 is 9.77. The molecule has 0 aliphatic carbocycles. The zero-order chi connectivity index (χ0) is 15.9. The van der Waals surface area contributed by atoms with Crippen LogP contribution in [-0.4, -0.2) is 29.5 Å². The summed E-state index contributed by atoms with van der Waals surface area (Å²) in [5, 5.41) is 9.96. The number of aromatic hydroxyl groups is 1. The van der Waals surface area contributed by atoms with Crippen molar-refractivity contribution in [3.8, 4) is 11.5 Å². The second-order valence-corrected chi connectivity index (χ2v) is 4.62. The highest BCUT2D eigenvalue weighted by molar-refractivity contribution is 6.61. The third-order valence-electron chi connectivity index (χ3n) is 2.82. The van der Waals surface area contributed by atoms with Crippen LogP contribution in [-0.2, 0) is 4.74 Å². The molecular formula is C16H13ClO5. The van der Waals surface area contributed by atoms with Crippen LogP contribution >= 0.6 is 11.6 Å². The number of phenols is 1. The van der Waals surface area contributed by atoms with Gasteiger partial charge in [-0.2, -0.15) is 0 Å². The number of halogens is 1. The van der Waals surface area contributed by atoms with Gasteiger partial charge in [-0.15, -0.1) is 0 Å². The van der Waals surface area contributed by atoms with Gasteiger partial charge in [-0.1, -0.05) is 30.3 Å². The van der Waals surface area contributed by atoms with E-state index in [1.54, 1.807) is 36.4 Å². The summed E-state index contributed by atoms with van der Waals surface area (Å²) in [6.45, 7) is 0.0810. The van der Waals surface area contributed by atoms with Crippen LogP contribution in [0.25, 0.3) is 0 Å². The van der Waals surface area contributed by atoms with Gasteiger partial charge in [0, 0.05) is 23.2 Å². The quantitative estimate of drug-likeness (QED) is 0.502. The molecule has 0 aromatic heterocycles. The minimum absolute atomic E-state index is 0.00616. The lowest BCUT2D eigenvalue weighted by Crippen LogP contribution is -2.08.